The van der Waals surface area contributed by atoms with Crippen LogP contribution in [0.3, 0.4) is 0 Å². The molecule has 16 heavy (non-hydrogen) atoms. The highest BCUT2D eigenvalue weighted by molar-refractivity contribution is 8.26. The van der Waals surface area contributed by atoms with E-state index in [1.807, 2.05) is 0 Å². The minimum Gasteiger partial charge on any atom is -0.426 e. The molecule has 6 heteroatoms. The Morgan fingerprint density at radius 1 is 1.38 bits per heavy atom. The first-order valence-electron chi connectivity index (χ1n) is 4.34. The van der Waals surface area contributed by atoms with Crippen LogP contribution in [-0.4, -0.2) is 16.3 Å². The van der Waals surface area contributed by atoms with E-state index < -0.39 is 11.1 Å². The molecule has 3 N–H and O–H groups in total. The van der Waals surface area contributed by atoms with Gasteiger partial charge in [0, 0.05) is 6.92 Å². The third-order valence-electron chi connectivity index (χ3n) is 1.56. The molecule has 0 aliphatic carbocycles. The van der Waals surface area contributed by atoms with Crippen molar-refractivity contribution in [1.82, 2.24) is 0 Å². The third kappa shape index (κ3) is 3.39. The number of esters is 1. The summed E-state index contributed by atoms with van der Waals surface area (Å²) in [5.74, 6) is -0.332. The van der Waals surface area contributed by atoms with Gasteiger partial charge in [-0.25, -0.2) is 0 Å². The number of nitrogens with one attached hydrogen (secondary N) is 1. The zero-order chi connectivity index (χ0) is 12.1. The highest BCUT2D eigenvalue weighted by Crippen LogP contribution is 2.23. The van der Waals surface area contributed by atoms with Crippen molar-refractivity contribution in [2.24, 2.45) is 5.73 Å². The first-order valence-corrected chi connectivity index (χ1v) is 5.16. The van der Waals surface area contributed by atoms with E-state index in [-0.39, 0.29) is 16.5 Å². The van der Waals surface area contributed by atoms with E-state index in [0.29, 0.717) is 11.8 Å². The van der Waals surface area contributed by atoms with Gasteiger partial charge in [-0.3, -0.25) is 15.0 Å². The smallest absolute Gasteiger partial charge is 0.308 e. The van der Waals surface area contributed by atoms with Gasteiger partial charge in [0.2, 0.25) is 5.12 Å². The average Bonchev–Trinajstić information content (AvgIpc) is 2.16. The maximum atomic E-state index is 11.6. The van der Waals surface area contributed by atoms with Crippen LogP contribution in [-0.2, 0) is 4.79 Å². The largest absolute Gasteiger partial charge is 0.426 e. The topological polar surface area (TPSA) is 93.2 Å². The minimum atomic E-state index is -0.506. The van der Waals surface area contributed by atoms with Gasteiger partial charge in [-0.15, -0.1) is 0 Å². The molecule has 0 bridgehead atoms. The lowest BCUT2D eigenvalue weighted by atomic mass is 10.2. The monoisotopic (exact) mass is 238 g/mol. The molecule has 0 unspecified atom stereocenters. The maximum absolute atomic E-state index is 11.6. The lowest BCUT2D eigenvalue weighted by Gasteiger charge is -2.06. The molecule has 0 heterocycles. The first-order chi connectivity index (χ1) is 7.50. The first kappa shape index (κ1) is 12.3. The summed E-state index contributed by atoms with van der Waals surface area (Å²) in [4.78, 5) is 22.4. The van der Waals surface area contributed by atoms with Crippen LogP contribution in [0.1, 0.15) is 17.3 Å². The molecule has 0 aliphatic heterocycles. The second kappa shape index (κ2) is 5.32. The van der Waals surface area contributed by atoms with Crippen LogP contribution in [0, 0.1) is 5.41 Å². The van der Waals surface area contributed by atoms with Crippen LogP contribution in [0.4, 0.5) is 0 Å². The Balaban J connectivity index is 2.98. The summed E-state index contributed by atoms with van der Waals surface area (Å²) in [5, 5.41) is 6.27. The summed E-state index contributed by atoms with van der Waals surface area (Å²) in [6, 6.07) is 6.31. The van der Waals surface area contributed by atoms with E-state index in [0.717, 1.165) is 0 Å². The molecule has 0 atom stereocenters. The fraction of sp³-hybridized carbons (Fsp3) is 0.100. The number of hydrogen-bond acceptors (Lipinski definition) is 5. The standard InChI is InChI=1S/C10H10N2O3S/c1-6(13)15-8-5-3-2-4-7(8)9(14)16-10(11)12/h2-5H,1H3,(H3,11,12). The summed E-state index contributed by atoms with van der Waals surface area (Å²) in [5.41, 5.74) is 5.32. The van der Waals surface area contributed by atoms with Crippen molar-refractivity contribution in [3.05, 3.63) is 29.8 Å². The molecule has 5 nitrogen and oxygen atoms in total. The second-order valence-corrected chi connectivity index (χ2v) is 3.86. The van der Waals surface area contributed by atoms with E-state index >= 15 is 0 Å². The number of carbonyl (C=O) groups excluding carboxylic acids is 2. The Labute approximate surface area is 96.5 Å². The van der Waals surface area contributed by atoms with Gasteiger partial charge < -0.3 is 10.5 Å². The van der Waals surface area contributed by atoms with E-state index in [2.05, 4.69) is 0 Å². The van der Waals surface area contributed by atoms with Gasteiger partial charge in [0.05, 0.1) is 5.56 Å². The molecule has 0 aromatic heterocycles. The predicted molar refractivity (Wildman–Crippen MR) is 61.6 cm³/mol. The Kier molecular flexibility index (Phi) is 4.07. The number of para-hydroxylation sites is 1. The Morgan fingerprint density at radius 3 is 2.56 bits per heavy atom. The number of nitrogens with two attached hydrogens (primary N) is 1. The Hall–Kier alpha value is -1.82. The Morgan fingerprint density at radius 2 is 2.00 bits per heavy atom. The van der Waals surface area contributed by atoms with Crippen LogP contribution < -0.4 is 10.5 Å². The molecular formula is C10H10N2O3S. The van der Waals surface area contributed by atoms with Crippen LogP contribution >= 0.6 is 11.8 Å². The van der Waals surface area contributed by atoms with Crippen LogP contribution in [0.2, 0.25) is 0 Å². The lowest BCUT2D eigenvalue weighted by Crippen LogP contribution is -2.10. The molecule has 84 valence electrons. The van der Waals surface area contributed by atoms with Gasteiger partial charge in [0.25, 0.3) is 0 Å². The van der Waals surface area contributed by atoms with Crippen molar-refractivity contribution >= 4 is 28.0 Å². The number of rotatable bonds is 2. The van der Waals surface area contributed by atoms with Crippen LogP contribution in [0.25, 0.3) is 0 Å². The minimum absolute atomic E-state index is 0.175. The molecule has 1 aromatic carbocycles. The second-order valence-electron chi connectivity index (χ2n) is 2.84. The normalized spacial score (nSPS) is 9.56. The molecule has 1 aromatic rings. The van der Waals surface area contributed by atoms with Gasteiger partial charge in [-0.05, 0) is 23.9 Å². The fourth-order valence-corrected chi connectivity index (χ4v) is 1.51. The highest BCUT2D eigenvalue weighted by Gasteiger charge is 2.14. The molecule has 1 rings (SSSR count). The van der Waals surface area contributed by atoms with Crippen molar-refractivity contribution in [2.45, 2.75) is 6.92 Å². The van der Waals surface area contributed by atoms with Crippen molar-refractivity contribution in [1.29, 1.82) is 5.41 Å². The van der Waals surface area contributed by atoms with E-state index in [1.165, 1.54) is 19.1 Å². The van der Waals surface area contributed by atoms with Crippen molar-refractivity contribution in [3.63, 3.8) is 0 Å². The Bertz CT molecular complexity index is 445. The quantitative estimate of drug-likeness (QED) is 0.351. The van der Waals surface area contributed by atoms with E-state index in [1.54, 1.807) is 12.1 Å². The molecule has 0 saturated carbocycles. The number of hydrogen-bond donors (Lipinski definition) is 2. The third-order valence-corrected chi connectivity index (χ3v) is 2.19. The summed E-state index contributed by atoms with van der Waals surface area (Å²) in [7, 11) is 0. The number of amidine groups is 1. The molecule has 0 spiro atoms. The maximum Gasteiger partial charge on any atom is 0.308 e. The summed E-state index contributed by atoms with van der Waals surface area (Å²) < 4.78 is 4.86. The molecule has 0 aliphatic rings. The van der Waals surface area contributed by atoms with Crippen molar-refractivity contribution < 1.29 is 14.3 Å². The summed E-state index contributed by atoms with van der Waals surface area (Å²) >= 11 is 0.580. The average molecular weight is 238 g/mol. The van der Waals surface area contributed by atoms with Crippen LogP contribution in [0.15, 0.2) is 24.3 Å². The molecular weight excluding hydrogens is 228 g/mol. The van der Waals surface area contributed by atoms with Crippen LogP contribution in [0.5, 0.6) is 5.75 Å². The molecule has 0 radical (unpaired) electrons. The zero-order valence-corrected chi connectivity index (χ0v) is 9.34. The molecule has 0 fully saturated rings. The summed E-state index contributed by atoms with van der Waals surface area (Å²) in [6.45, 7) is 1.25. The van der Waals surface area contributed by atoms with Gasteiger partial charge in [0.15, 0.2) is 5.17 Å². The number of carbonyl (C=O) groups is 2. The molecule has 0 amide bonds. The van der Waals surface area contributed by atoms with Gasteiger partial charge in [0.1, 0.15) is 5.75 Å². The lowest BCUT2D eigenvalue weighted by molar-refractivity contribution is -0.131. The molecule has 0 saturated heterocycles. The van der Waals surface area contributed by atoms with Crippen molar-refractivity contribution in [2.75, 3.05) is 0 Å². The highest BCUT2D eigenvalue weighted by atomic mass is 32.2. The zero-order valence-electron chi connectivity index (χ0n) is 8.52. The van der Waals surface area contributed by atoms with Gasteiger partial charge >= 0.3 is 5.97 Å². The number of benzene rings is 1. The van der Waals surface area contributed by atoms with Crippen molar-refractivity contribution in [3.8, 4) is 5.75 Å². The van der Waals surface area contributed by atoms with E-state index in [4.69, 9.17) is 15.9 Å². The fourth-order valence-electron chi connectivity index (χ4n) is 1.03. The van der Waals surface area contributed by atoms with E-state index in [9.17, 15) is 9.59 Å². The van der Waals surface area contributed by atoms with Gasteiger partial charge in [-0.1, -0.05) is 12.1 Å². The summed E-state index contributed by atoms with van der Waals surface area (Å²) in [6.07, 6.45) is 0. The number of ether oxygens (including phenoxy) is 1. The number of thioether (sulfide) groups is 1. The predicted octanol–water partition coefficient (Wildman–Crippen LogP) is 1.38. The SMILES string of the molecule is CC(=O)Oc1ccccc1C(=O)SC(=N)N. The van der Waals surface area contributed by atoms with Gasteiger partial charge in [-0.2, -0.15) is 0 Å².